The minimum atomic E-state index is -0.677. The Bertz CT molecular complexity index is 391. The van der Waals surface area contributed by atoms with Crippen LogP contribution in [0.3, 0.4) is 0 Å². The van der Waals surface area contributed by atoms with Crippen LogP contribution in [0.4, 0.5) is 4.79 Å². The van der Waals surface area contributed by atoms with Gasteiger partial charge in [-0.2, -0.15) is 0 Å². The lowest BCUT2D eigenvalue weighted by Crippen LogP contribution is -2.58. The van der Waals surface area contributed by atoms with Crippen LogP contribution in [0.15, 0.2) is 12.2 Å². The van der Waals surface area contributed by atoms with Crippen molar-refractivity contribution in [3.63, 3.8) is 0 Å². The fraction of sp³-hybridized carbons (Fsp3) is 0.636. The molecular formula is C11H13NO4. The number of carbonyl (C=O) groups is 2. The average Bonchev–Trinajstić information content (AvgIpc) is 2.74. The van der Waals surface area contributed by atoms with Crippen molar-refractivity contribution in [1.29, 1.82) is 0 Å². The minimum absolute atomic E-state index is 0.0580. The molecule has 1 amide bonds. The molecule has 3 heterocycles. The van der Waals surface area contributed by atoms with E-state index in [1.165, 1.54) is 4.90 Å². The Balaban J connectivity index is 1.95. The fourth-order valence-electron chi connectivity index (χ4n) is 2.72. The molecule has 0 aromatic rings. The standard InChI is InChI=1S/C11H13NO4/c1-11-3-2-7(16-11)6-8(13)9(11)12-4-5-15-10(12)14/h2-3,7,9H,4-6H2,1H3/t7-,9+,11+/m1/s1. The molecule has 2 bridgehead atoms. The van der Waals surface area contributed by atoms with Crippen molar-refractivity contribution < 1.29 is 19.1 Å². The van der Waals surface area contributed by atoms with Gasteiger partial charge in [-0.3, -0.25) is 9.69 Å². The number of Topliss-reactive ketones (excluding diaryl/α,β-unsaturated/α-hetero) is 1. The van der Waals surface area contributed by atoms with E-state index in [1.54, 1.807) is 0 Å². The number of nitrogens with zero attached hydrogens (tertiary/aromatic N) is 1. The molecule has 0 unspecified atom stereocenters. The van der Waals surface area contributed by atoms with E-state index in [2.05, 4.69) is 0 Å². The first-order valence-corrected chi connectivity index (χ1v) is 5.43. The highest BCUT2D eigenvalue weighted by molar-refractivity contribution is 5.91. The molecule has 0 aromatic carbocycles. The summed E-state index contributed by atoms with van der Waals surface area (Å²) in [5.74, 6) is 0.0580. The van der Waals surface area contributed by atoms with Gasteiger partial charge >= 0.3 is 6.09 Å². The predicted molar refractivity (Wildman–Crippen MR) is 53.9 cm³/mol. The molecule has 0 aromatic heterocycles. The SMILES string of the molecule is C[C@]12C=C[C@H](CC(=O)[C@@H]1N1CCOC1=O)O2. The summed E-state index contributed by atoms with van der Waals surface area (Å²) in [5.41, 5.74) is -0.677. The zero-order chi connectivity index (χ0) is 11.3. The van der Waals surface area contributed by atoms with E-state index < -0.39 is 17.7 Å². The van der Waals surface area contributed by atoms with E-state index >= 15 is 0 Å². The van der Waals surface area contributed by atoms with Gasteiger partial charge in [0.15, 0.2) is 5.78 Å². The second-order valence-electron chi connectivity index (χ2n) is 4.58. The van der Waals surface area contributed by atoms with Gasteiger partial charge in [0.2, 0.25) is 0 Å². The molecule has 0 spiro atoms. The highest BCUT2D eigenvalue weighted by Crippen LogP contribution is 2.37. The maximum Gasteiger partial charge on any atom is 0.410 e. The monoisotopic (exact) mass is 223 g/mol. The van der Waals surface area contributed by atoms with Crippen LogP contribution in [0.5, 0.6) is 0 Å². The van der Waals surface area contributed by atoms with Gasteiger partial charge in [0.25, 0.3) is 0 Å². The predicted octanol–water partition coefficient (Wildman–Crippen LogP) is 0.494. The Morgan fingerprint density at radius 2 is 2.31 bits per heavy atom. The molecule has 86 valence electrons. The van der Waals surface area contributed by atoms with Gasteiger partial charge in [-0.1, -0.05) is 12.2 Å². The molecule has 0 radical (unpaired) electrons. The number of hydrogen-bond donors (Lipinski definition) is 0. The Morgan fingerprint density at radius 3 is 3.00 bits per heavy atom. The van der Waals surface area contributed by atoms with Gasteiger partial charge in [0, 0.05) is 6.42 Å². The van der Waals surface area contributed by atoms with E-state index in [1.807, 2.05) is 19.1 Å². The molecule has 3 rings (SSSR count). The van der Waals surface area contributed by atoms with Crippen LogP contribution in [-0.2, 0) is 14.3 Å². The van der Waals surface area contributed by atoms with Crippen LogP contribution in [0.1, 0.15) is 13.3 Å². The van der Waals surface area contributed by atoms with Crippen LogP contribution in [-0.4, -0.2) is 47.7 Å². The number of rotatable bonds is 1. The smallest absolute Gasteiger partial charge is 0.410 e. The third kappa shape index (κ3) is 1.21. The van der Waals surface area contributed by atoms with E-state index in [9.17, 15) is 9.59 Å². The zero-order valence-corrected chi connectivity index (χ0v) is 9.01. The van der Waals surface area contributed by atoms with Crippen LogP contribution in [0.2, 0.25) is 0 Å². The summed E-state index contributed by atoms with van der Waals surface area (Å²) in [4.78, 5) is 25.0. The molecule has 3 aliphatic rings. The third-order valence-electron chi connectivity index (χ3n) is 3.40. The third-order valence-corrected chi connectivity index (χ3v) is 3.40. The van der Waals surface area contributed by atoms with Gasteiger partial charge in [-0.25, -0.2) is 4.79 Å². The molecule has 3 atom stereocenters. The summed E-state index contributed by atoms with van der Waals surface area (Å²) < 4.78 is 10.6. The topological polar surface area (TPSA) is 55.8 Å². The normalized spacial score (nSPS) is 41.7. The van der Waals surface area contributed by atoms with Crippen molar-refractivity contribution in [1.82, 2.24) is 4.90 Å². The van der Waals surface area contributed by atoms with E-state index in [0.717, 1.165) is 0 Å². The first kappa shape index (κ1) is 9.84. The first-order chi connectivity index (χ1) is 7.60. The largest absolute Gasteiger partial charge is 0.448 e. The lowest BCUT2D eigenvalue weighted by molar-refractivity contribution is -0.148. The van der Waals surface area contributed by atoms with Crippen LogP contribution >= 0.6 is 0 Å². The summed E-state index contributed by atoms with van der Waals surface area (Å²) in [5, 5.41) is 0. The maximum absolute atomic E-state index is 12.0. The summed E-state index contributed by atoms with van der Waals surface area (Å²) >= 11 is 0. The molecule has 3 aliphatic heterocycles. The fourth-order valence-corrected chi connectivity index (χ4v) is 2.72. The Hall–Kier alpha value is -1.36. The lowest BCUT2D eigenvalue weighted by Gasteiger charge is -2.40. The molecule has 2 saturated heterocycles. The average molecular weight is 223 g/mol. The molecule has 2 fully saturated rings. The quantitative estimate of drug-likeness (QED) is 0.607. The number of hydrogen-bond acceptors (Lipinski definition) is 4. The molecule has 5 nitrogen and oxygen atoms in total. The number of amides is 1. The number of ketones is 1. The number of ether oxygens (including phenoxy) is 2. The van der Waals surface area contributed by atoms with E-state index in [4.69, 9.17) is 9.47 Å². The second-order valence-corrected chi connectivity index (χ2v) is 4.58. The highest BCUT2D eigenvalue weighted by atomic mass is 16.6. The van der Waals surface area contributed by atoms with Crippen molar-refractivity contribution in [3.8, 4) is 0 Å². The number of carbonyl (C=O) groups excluding carboxylic acids is 2. The van der Waals surface area contributed by atoms with Crippen molar-refractivity contribution in [3.05, 3.63) is 12.2 Å². The Kier molecular flexibility index (Phi) is 1.89. The van der Waals surface area contributed by atoms with Crippen LogP contribution < -0.4 is 0 Å². The summed E-state index contributed by atoms with van der Waals surface area (Å²) in [6.07, 6.45) is 3.60. The summed E-state index contributed by atoms with van der Waals surface area (Å²) in [7, 11) is 0. The van der Waals surface area contributed by atoms with Crippen LogP contribution in [0.25, 0.3) is 0 Å². The van der Waals surface area contributed by atoms with Gasteiger partial charge in [-0.05, 0) is 6.92 Å². The van der Waals surface area contributed by atoms with Crippen molar-refractivity contribution in [2.75, 3.05) is 13.2 Å². The van der Waals surface area contributed by atoms with Gasteiger partial charge < -0.3 is 9.47 Å². The number of fused-ring (bicyclic) bond motifs is 2. The Morgan fingerprint density at radius 1 is 1.50 bits per heavy atom. The van der Waals surface area contributed by atoms with Crippen LogP contribution in [0, 0.1) is 0 Å². The Labute approximate surface area is 93.0 Å². The van der Waals surface area contributed by atoms with E-state index in [0.29, 0.717) is 19.6 Å². The molecule has 0 saturated carbocycles. The summed E-state index contributed by atoms with van der Waals surface area (Å²) in [6, 6.07) is -0.530. The maximum atomic E-state index is 12.0. The van der Waals surface area contributed by atoms with Gasteiger partial charge in [0.1, 0.15) is 18.2 Å². The van der Waals surface area contributed by atoms with Crippen molar-refractivity contribution in [2.24, 2.45) is 0 Å². The van der Waals surface area contributed by atoms with Crippen molar-refractivity contribution in [2.45, 2.75) is 31.1 Å². The molecule has 16 heavy (non-hydrogen) atoms. The molecule has 5 heteroatoms. The highest BCUT2D eigenvalue weighted by Gasteiger charge is 2.52. The number of cyclic esters (lactones) is 1. The summed E-state index contributed by atoms with van der Waals surface area (Å²) in [6.45, 7) is 2.66. The minimum Gasteiger partial charge on any atom is -0.448 e. The zero-order valence-electron chi connectivity index (χ0n) is 9.01. The molecule has 0 aliphatic carbocycles. The lowest BCUT2D eigenvalue weighted by atomic mass is 9.89. The van der Waals surface area contributed by atoms with Crippen molar-refractivity contribution >= 4 is 11.9 Å². The van der Waals surface area contributed by atoms with E-state index in [-0.39, 0.29) is 11.9 Å². The molecular weight excluding hydrogens is 210 g/mol. The van der Waals surface area contributed by atoms with Gasteiger partial charge in [0.05, 0.1) is 12.6 Å². The molecule has 0 N–H and O–H groups in total. The van der Waals surface area contributed by atoms with Gasteiger partial charge in [-0.15, -0.1) is 0 Å². The second kappa shape index (κ2) is 3.07. The first-order valence-electron chi connectivity index (χ1n) is 5.43.